The van der Waals surface area contributed by atoms with Crippen molar-refractivity contribution in [3.05, 3.63) is 16.5 Å². The second-order valence-electron chi connectivity index (χ2n) is 3.95. The van der Waals surface area contributed by atoms with E-state index in [1.165, 1.54) is 6.20 Å². The number of hydrogen-bond acceptors (Lipinski definition) is 5. The standard InChI is InChI=1S/C10H13Cl2N3O2/c1-6-5-17-7(4-16)3-15(6)9-8(11)2-13-10(12)14-9/h2,6-7,16H,3-5H2,1H3. The Kier molecular flexibility index (Phi) is 4.04. The Hall–Kier alpha value is -0.620. The number of aliphatic hydroxyl groups excluding tert-OH is 1. The van der Waals surface area contributed by atoms with Gasteiger partial charge in [-0.3, -0.25) is 0 Å². The Morgan fingerprint density at radius 3 is 3.06 bits per heavy atom. The van der Waals surface area contributed by atoms with E-state index in [-0.39, 0.29) is 24.0 Å². The summed E-state index contributed by atoms with van der Waals surface area (Å²) in [6, 6.07) is 0.126. The van der Waals surface area contributed by atoms with Gasteiger partial charge in [-0.2, -0.15) is 4.98 Å². The zero-order chi connectivity index (χ0) is 12.4. The number of anilines is 1. The third-order valence-corrected chi connectivity index (χ3v) is 3.13. The highest BCUT2D eigenvalue weighted by Crippen LogP contribution is 2.27. The zero-order valence-corrected chi connectivity index (χ0v) is 10.8. The Balaban J connectivity index is 2.27. The quantitative estimate of drug-likeness (QED) is 0.828. The van der Waals surface area contributed by atoms with E-state index in [4.69, 9.17) is 33.0 Å². The van der Waals surface area contributed by atoms with Gasteiger partial charge in [0.2, 0.25) is 5.28 Å². The predicted molar refractivity (Wildman–Crippen MR) is 65.7 cm³/mol. The average molecular weight is 278 g/mol. The average Bonchev–Trinajstić information content (AvgIpc) is 2.33. The molecule has 1 fully saturated rings. The van der Waals surface area contributed by atoms with E-state index in [0.29, 0.717) is 24.0 Å². The fourth-order valence-corrected chi connectivity index (χ4v) is 2.09. The van der Waals surface area contributed by atoms with Gasteiger partial charge in [0.25, 0.3) is 0 Å². The first kappa shape index (κ1) is 12.8. The molecule has 1 aliphatic heterocycles. The van der Waals surface area contributed by atoms with Crippen molar-refractivity contribution in [2.45, 2.75) is 19.1 Å². The number of rotatable bonds is 2. The van der Waals surface area contributed by atoms with Crippen LogP contribution in [0.5, 0.6) is 0 Å². The molecule has 2 rings (SSSR count). The van der Waals surface area contributed by atoms with Gasteiger partial charge in [-0.1, -0.05) is 11.6 Å². The predicted octanol–water partition coefficient (Wildman–Crippen LogP) is 1.37. The molecular weight excluding hydrogens is 265 g/mol. The van der Waals surface area contributed by atoms with Crippen LogP contribution in [0.15, 0.2) is 6.20 Å². The first-order valence-electron chi connectivity index (χ1n) is 5.29. The van der Waals surface area contributed by atoms with Crippen LogP contribution < -0.4 is 4.90 Å². The summed E-state index contributed by atoms with van der Waals surface area (Å²) >= 11 is 11.8. The van der Waals surface area contributed by atoms with Crippen LogP contribution in [-0.2, 0) is 4.74 Å². The van der Waals surface area contributed by atoms with Crippen molar-refractivity contribution in [1.29, 1.82) is 0 Å². The number of ether oxygens (including phenoxy) is 1. The Labute approximate surface area is 109 Å². The summed E-state index contributed by atoms with van der Waals surface area (Å²) in [7, 11) is 0. The van der Waals surface area contributed by atoms with Crippen LogP contribution in [0.4, 0.5) is 5.82 Å². The Bertz CT molecular complexity index is 405. The first-order valence-corrected chi connectivity index (χ1v) is 6.04. The van der Waals surface area contributed by atoms with E-state index in [1.807, 2.05) is 11.8 Å². The minimum atomic E-state index is -0.226. The normalized spacial score (nSPS) is 25.1. The summed E-state index contributed by atoms with van der Waals surface area (Å²) in [5.74, 6) is 0.584. The number of aromatic nitrogens is 2. The fraction of sp³-hybridized carbons (Fsp3) is 0.600. The number of hydrogen-bond donors (Lipinski definition) is 1. The van der Waals surface area contributed by atoms with Gasteiger partial charge in [0.15, 0.2) is 5.82 Å². The second kappa shape index (κ2) is 5.35. The number of morpholine rings is 1. The fourth-order valence-electron chi connectivity index (χ4n) is 1.76. The van der Waals surface area contributed by atoms with Crippen LogP contribution in [0.2, 0.25) is 10.3 Å². The molecule has 1 aromatic rings. The van der Waals surface area contributed by atoms with Gasteiger partial charge in [-0.25, -0.2) is 4.98 Å². The van der Waals surface area contributed by atoms with Crippen LogP contribution in [0.1, 0.15) is 6.92 Å². The van der Waals surface area contributed by atoms with E-state index in [1.54, 1.807) is 0 Å². The van der Waals surface area contributed by atoms with Crippen molar-refractivity contribution in [3.63, 3.8) is 0 Å². The third kappa shape index (κ3) is 2.80. The monoisotopic (exact) mass is 277 g/mol. The topological polar surface area (TPSA) is 58.5 Å². The molecule has 2 unspecified atom stereocenters. The van der Waals surface area contributed by atoms with E-state index < -0.39 is 0 Å². The highest BCUT2D eigenvalue weighted by Gasteiger charge is 2.28. The minimum Gasteiger partial charge on any atom is -0.394 e. The molecule has 5 nitrogen and oxygen atoms in total. The van der Waals surface area contributed by atoms with Gasteiger partial charge in [0.1, 0.15) is 5.02 Å². The highest BCUT2D eigenvalue weighted by molar-refractivity contribution is 6.33. The molecule has 1 saturated heterocycles. The van der Waals surface area contributed by atoms with E-state index in [9.17, 15) is 0 Å². The van der Waals surface area contributed by atoms with Crippen molar-refractivity contribution in [3.8, 4) is 0 Å². The second-order valence-corrected chi connectivity index (χ2v) is 4.70. The van der Waals surface area contributed by atoms with Gasteiger partial charge in [0, 0.05) is 6.54 Å². The van der Waals surface area contributed by atoms with Gasteiger partial charge >= 0.3 is 0 Å². The maximum atomic E-state index is 9.12. The van der Waals surface area contributed by atoms with Crippen molar-refractivity contribution in [2.75, 3.05) is 24.7 Å². The van der Waals surface area contributed by atoms with Crippen LogP contribution in [-0.4, -0.2) is 47.0 Å². The van der Waals surface area contributed by atoms with Gasteiger partial charge < -0.3 is 14.7 Å². The molecule has 94 valence electrons. The molecule has 7 heteroatoms. The van der Waals surface area contributed by atoms with Crippen LogP contribution in [0, 0.1) is 0 Å². The molecule has 0 amide bonds. The van der Waals surface area contributed by atoms with E-state index in [0.717, 1.165) is 0 Å². The molecule has 0 aliphatic carbocycles. The molecule has 2 atom stereocenters. The minimum absolute atomic E-state index is 0.0281. The molecule has 17 heavy (non-hydrogen) atoms. The van der Waals surface area contributed by atoms with E-state index >= 15 is 0 Å². The maximum absolute atomic E-state index is 9.12. The third-order valence-electron chi connectivity index (χ3n) is 2.68. The van der Waals surface area contributed by atoms with Crippen molar-refractivity contribution in [2.24, 2.45) is 0 Å². The Morgan fingerprint density at radius 2 is 2.35 bits per heavy atom. The first-order chi connectivity index (χ1) is 8.11. The maximum Gasteiger partial charge on any atom is 0.224 e. The molecule has 1 aromatic heterocycles. The molecule has 1 aliphatic rings. The van der Waals surface area contributed by atoms with Crippen LogP contribution in [0.25, 0.3) is 0 Å². The summed E-state index contributed by atoms with van der Waals surface area (Å²) in [4.78, 5) is 9.91. The largest absolute Gasteiger partial charge is 0.394 e. The van der Waals surface area contributed by atoms with Crippen LogP contribution in [0.3, 0.4) is 0 Å². The van der Waals surface area contributed by atoms with Gasteiger partial charge in [-0.15, -0.1) is 0 Å². The summed E-state index contributed by atoms with van der Waals surface area (Å²) in [5.41, 5.74) is 0. The van der Waals surface area contributed by atoms with E-state index in [2.05, 4.69) is 9.97 Å². The summed E-state index contributed by atoms with van der Waals surface area (Å²) in [5, 5.41) is 9.72. The zero-order valence-electron chi connectivity index (χ0n) is 9.31. The molecule has 0 spiro atoms. The van der Waals surface area contributed by atoms with Crippen molar-refractivity contribution < 1.29 is 9.84 Å². The molecule has 0 saturated carbocycles. The number of nitrogens with zero attached hydrogens (tertiary/aromatic N) is 3. The molecular formula is C10H13Cl2N3O2. The summed E-state index contributed by atoms with van der Waals surface area (Å²) < 4.78 is 5.45. The smallest absolute Gasteiger partial charge is 0.224 e. The lowest BCUT2D eigenvalue weighted by atomic mass is 10.2. The molecule has 2 heterocycles. The SMILES string of the molecule is CC1COC(CO)CN1c1nc(Cl)ncc1Cl. The highest BCUT2D eigenvalue weighted by atomic mass is 35.5. The van der Waals surface area contributed by atoms with Gasteiger partial charge in [0.05, 0.1) is 31.6 Å². The number of aliphatic hydroxyl groups is 1. The molecule has 0 bridgehead atoms. The lowest BCUT2D eigenvalue weighted by Gasteiger charge is -2.38. The molecule has 0 radical (unpaired) electrons. The summed E-state index contributed by atoms with van der Waals surface area (Å²) in [6.07, 6.45) is 1.25. The lowest BCUT2D eigenvalue weighted by Crippen LogP contribution is -2.50. The Morgan fingerprint density at radius 1 is 1.59 bits per heavy atom. The summed E-state index contributed by atoms with van der Waals surface area (Å²) in [6.45, 7) is 3.02. The van der Waals surface area contributed by atoms with Crippen molar-refractivity contribution >= 4 is 29.0 Å². The van der Waals surface area contributed by atoms with Gasteiger partial charge in [-0.05, 0) is 18.5 Å². The number of halogens is 2. The van der Waals surface area contributed by atoms with Crippen molar-refractivity contribution in [1.82, 2.24) is 9.97 Å². The molecule has 0 aromatic carbocycles. The lowest BCUT2D eigenvalue weighted by molar-refractivity contribution is -0.0105. The molecule has 1 N–H and O–H groups in total. The van der Waals surface area contributed by atoms with Crippen LogP contribution >= 0.6 is 23.2 Å².